The number of amides is 1. The summed E-state index contributed by atoms with van der Waals surface area (Å²) < 4.78 is 19.7. The summed E-state index contributed by atoms with van der Waals surface area (Å²) in [4.78, 5) is 25.0. The Hall–Kier alpha value is -2.52. The Kier molecular flexibility index (Phi) is 5.95. The van der Waals surface area contributed by atoms with E-state index in [9.17, 15) is 9.18 Å². The number of carbonyl (C=O) groups excluding carboxylic acids is 1. The predicted octanol–water partition coefficient (Wildman–Crippen LogP) is 5.71. The molecule has 0 aliphatic carbocycles. The molecule has 1 N–H and O–H groups in total. The summed E-state index contributed by atoms with van der Waals surface area (Å²) in [5.41, 5.74) is 2.70. The Balaban J connectivity index is 2.07. The summed E-state index contributed by atoms with van der Waals surface area (Å²) in [7, 11) is 0. The van der Waals surface area contributed by atoms with Crippen LogP contribution in [-0.2, 0) is 4.74 Å². The Labute approximate surface area is 173 Å². The molecular weight excluding hydrogens is 447 g/mol. The van der Waals surface area contributed by atoms with Crippen LogP contribution in [0.15, 0.2) is 46.4 Å². The van der Waals surface area contributed by atoms with Crippen molar-refractivity contribution in [3.63, 3.8) is 0 Å². The molecular formula is C19H16BrFN4O2S. The number of allylic oxidation sites excluding steroid dienone is 1. The van der Waals surface area contributed by atoms with Crippen LogP contribution < -0.4 is 5.32 Å². The first-order valence-corrected chi connectivity index (χ1v) is 10.1. The average Bonchev–Trinajstić information content (AvgIpc) is 2.62. The molecule has 0 atom stereocenters. The summed E-state index contributed by atoms with van der Waals surface area (Å²) in [6, 6.07) is 4.69. The van der Waals surface area contributed by atoms with Gasteiger partial charge in [-0.15, -0.1) is 0 Å². The fourth-order valence-corrected chi connectivity index (χ4v) is 3.42. The van der Waals surface area contributed by atoms with Crippen LogP contribution >= 0.6 is 27.7 Å². The third-order valence-electron chi connectivity index (χ3n) is 3.77. The summed E-state index contributed by atoms with van der Waals surface area (Å²) in [6.07, 6.45) is 2.78. The first kappa shape index (κ1) is 20.2. The fourth-order valence-electron chi connectivity index (χ4n) is 2.55. The second-order valence-electron chi connectivity index (χ2n) is 5.92. The summed E-state index contributed by atoms with van der Waals surface area (Å²) in [5, 5.41) is 3.78. The van der Waals surface area contributed by atoms with E-state index in [4.69, 9.17) is 4.74 Å². The molecule has 0 bridgehead atoms. The maximum atomic E-state index is 14.3. The van der Waals surface area contributed by atoms with Crippen molar-refractivity contribution in [3.8, 4) is 11.1 Å². The van der Waals surface area contributed by atoms with E-state index in [-0.39, 0.29) is 11.4 Å². The van der Waals surface area contributed by atoms with Gasteiger partial charge in [-0.3, -0.25) is 5.32 Å². The molecule has 9 heteroatoms. The van der Waals surface area contributed by atoms with Crippen LogP contribution in [0, 0.1) is 12.7 Å². The van der Waals surface area contributed by atoms with Crippen molar-refractivity contribution in [3.05, 3.63) is 52.7 Å². The zero-order valence-electron chi connectivity index (χ0n) is 15.3. The van der Waals surface area contributed by atoms with E-state index < -0.39 is 11.9 Å². The number of fused-ring (bicyclic) bond motifs is 1. The van der Waals surface area contributed by atoms with E-state index in [2.05, 4.69) is 42.8 Å². The van der Waals surface area contributed by atoms with E-state index >= 15 is 0 Å². The molecule has 3 rings (SSSR count). The zero-order chi connectivity index (χ0) is 20.4. The number of nitrogens with zero attached hydrogens (tertiary/aromatic N) is 3. The number of carbonyl (C=O) groups is 1. The number of anilines is 1. The van der Waals surface area contributed by atoms with Crippen LogP contribution in [0.1, 0.15) is 12.6 Å². The van der Waals surface area contributed by atoms with Crippen molar-refractivity contribution < 1.29 is 13.9 Å². The third-order valence-corrected chi connectivity index (χ3v) is 4.99. The molecule has 1 aromatic carbocycles. The molecule has 3 aromatic rings. The molecule has 0 unspecified atom stereocenters. The van der Waals surface area contributed by atoms with E-state index in [0.717, 1.165) is 10.9 Å². The average molecular weight is 463 g/mol. The van der Waals surface area contributed by atoms with E-state index in [1.54, 1.807) is 6.20 Å². The van der Waals surface area contributed by atoms with Gasteiger partial charge < -0.3 is 4.74 Å². The number of thioether (sulfide) groups is 1. The van der Waals surface area contributed by atoms with Crippen LogP contribution in [0.25, 0.3) is 22.2 Å². The first-order valence-electron chi connectivity index (χ1n) is 8.10. The highest BCUT2D eigenvalue weighted by Crippen LogP contribution is 2.35. The summed E-state index contributed by atoms with van der Waals surface area (Å²) in [5.74, 6) is -0.400. The molecule has 2 heterocycles. The van der Waals surface area contributed by atoms with Gasteiger partial charge in [0.05, 0.1) is 11.4 Å². The van der Waals surface area contributed by atoms with Gasteiger partial charge in [0.2, 0.25) is 0 Å². The fraction of sp³-hybridized carbons (Fsp3) is 0.158. The molecule has 0 saturated heterocycles. The Morgan fingerprint density at radius 3 is 2.71 bits per heavy atom. The molecule has 144 valence electrons. The number of halogens is 2. The summed E-state index contributed by atoms with van der Waals surface area (Å²) >= 11 is 4.82. The number of rotatable bonds is 4. The molecule has 0 radical (unpaired) electrons. The van der Waals surface area contributed by atoms with Crippen LogP contribution in [0.5, 0.6) is 0 Å². The quantitative estimate of drug-likeness (QED) is 0.304. The van der Waals surface area contributed by atoms with Crippen molar-refractivity contribution in [2.45, 2.75) is 19.0 Å². The highest BCUT2D eigenvalue weighted by atomic mass is 79.9. The minimum absolute atomic E-state index is 0.0158. The lowest BCUT2D eigenvalue weighted by Gasteiger charge is -2.13. The Morgan fingerprint density at radius 1 is 1.29 bits per heavy atom. The van der Waals surface area contributed by atoms with Gasteiger partial charge in [0.15, 0.2) is 10.8 Å². The predicted molar refractivity (Wildman–Crippen MR) is 112 cm³/mol. The third kappa shape index (κ3) is 4.31. The second kappa shape index (κ2) is 8.24. The SMILES string of the molecule is C=C(C)OC(=O)Nc1cc(-c2cc3cnc(SC)nc3nc2C)c(Br)cc1F. The van der Waals surface area contributed by atoms with E-state index in [1.165, 1.54) is 30.8 Å². The van der Waals surface area contributed by atoms with Gasteiger partial charge >= 0.3 is 6.09 Å². The van der Waals surface area contributed by atoms with Gasteiger partial charge in [0.1, 0.15) is 5.82 Å². The number of hydrogen-bond donors (Lipinski definition) is 1. The Morgan fingerprint density at radius 2 is 2.04 bits per heavy atom. The maximum absolute atomic E-state index is 14.3. The normalized spacial score (nSPS) is 10.8. The van der Waals surface area contributed by atoms with E-state index in [1.807, 2.05) is 19.2 Å². The van der Waals surface area contributed by atoms with Gasteiger partial charge in [-0.1, -0.05) is 34.3 Å². The van der Waals surface area contributed by atoms with Crippen molar-refractivity contribution in [1.29, 1.82) is 0 Å². The molecule has 0 aliphatic heterocycles. The topological polar surface area (TPSA) is 77.0 Å². The van der Waals surface area contributed by atoms with Gasteiger partial charge in [-0.2, -0.15) is 0 Å². The van der Waals surface area contributed by atoms with Crippen molar-refractivity contribution in [2.24, 2.45) is 0 Å². The largest absolute Gasteiger partial charge is 0.416 e. The number of nitrogens with one attached hydrogen (secondary N) is 1. The maximum Gasteiger partial charge on any atom is 0.416 e. The van der Waals surface area contributed by atoms with Crippen molar-refractivity contribution in [2.75, 3.05) is 11.6 Å². The molecule has 0 fully saturated rings. The molecule has 2 aromatic heterocycles. The highest BCUT2D eigenvalue weighted by Gasteiger charge is 2.16. The first-order chi connectivity index (χ1) is 13.3. The lowest BCUT2D eigenvalue weighted by atomic mass is 10.0. The number of hydrogen-bond acceptors (Lipinski definition) is 6. The highest BCUT2D eigenvalue weighted by molar-refractivity contribution is 9.10. The zero-order valence-corrected chi connectivity index (χ0v) is 17.7. The standard InChI is InChI=1S/C19H16BrFN4O2S/c1-9(2)27-19(26)24-16-6-13(14(20)7-15(16)21)12-5-11-8-22-18(28-4)25-17(11)23-10(12)3/h5-8H,1H2,2-4H3,(H,24,26). The minimum Gasteiger partial charge on any atom is -0.416 e. The summed E-state index contributed by atoms with van der Waals surface area (Å²) in [6.45, 7) is 6.85. The molecule has 6 nitrogen and oxygen atoms in total. The van der Waals surface area contributed by atoms with Gasteiger partial charge in [0.25, 0.3) is 0 Å². The van der Waals surface area contributed by atoms with Gasteiger partial charge in [-0.25, -0.2) is 24.1 Å². The van der Waals surface area contributed by atoms with Crippen LogP contribution in [0.4, 0.5) is 14.9 Å². The lowest BCUT2D eigenvalue weighted by Crippen LogP contribution is -2.13. The van der Waals surface area contributed by atoms with Crippen molar-refractivity contribution in [1.82, 2.24) is 15.0 Å². The van der Waals surface area contributed by atoms with E-state index in [0.29, 0.717) is 26.5 Å². The number of aryl methyl sites for hydroxylation is 1. The van der Waals surface area contributed by atoms with Crippen LogP contribution in [0.3, 0.4) is 0 Å². The number of ether oxygens (including phenoxy) is 1. The van der Waals surface area contributed by atoms with Gasteiger partial charge in [0, 0.05) is 27.3 Å². The Bertz CT molecular complexity index is 1110. The molecule has 28 heavy (non-hydrogen) atoms. The number of benzene rings is 1. The number of aromatic nitrogens is 3. The molecule has 0 aliphatic rings. The number of pyridine rings is 1. The smallest absolute Gasteiger partial charge is 0.416 e. The second-order valence-corrected chi connectivity index (χ2v) is 7.55. The monoisotopic (exact) mass is 462 g/mol. The molecule has 1 amide bonds. The van der Waals surface area contributed by atoms with Crippen LogP contribution in [0.2, 0.25) is 0 Å². The lowest BCUT2D eigenvalue weighted by molar-refractivity contribution is 0.192. The minimum atomic E-state index is -0.814. The van der Waals surface area contributed by atoms with Gasteiger partial charge in [-0.05, 0) is 43.9 Å². The van der Waals surface area contributed by atoms with Crippen molar-refractivity contribution >= 4 is 50.5 Å². The molecule has 0 spiro atoms. The molecule has 0 saturated carbocycles. The van der Waals surface area contributed by atoms with Crippen LogP contribution in [-0.4, -0.2) is 27.3 Å².